The monoisotopic (exact) mass is 910 g/mol. The van der Waals surface area contributed by atoms with Crippen LogP contribution in [0, 0.1) is 0 Å². The lowest BCUT2D eigenvalue weighted by Crippen LogP contribution is -2.15. The van der Waals surface area contributed by atoms with Crippen LogP contribution in [0.4, 0.5) is 0 Å². The lowest BCUT2D eigenvalue weighted by atomic mass is 10.0. The van der Waals surface area contributed by atoms with E-state index in [1.807, 2.05) is 0 Å². The molecule has 0 aliphatic carbocycles. The summed E-state index contributed by atoms with van der Waals surface area (Å²) in [6.07, 6.45) is 17.8. The van der Waals surface area contributed by atoms with Crippen LogP contribution in [0.3, 0.4) is 0 Å². The first kappa shape index (κ1) is 55.2. The molecule has 0 heterocycles. The van der Waals surface area contributed by atoms with E-state index in [2.05, 4.69) is 29.5 Å². The van der Waals surface area contributed by atoms with Crippen molar-refractivity contribution in [2.75, 3.05) is 176 Å². The van der Waals surface area contributed by atoms with Gasteiger partial charge >= 0.3 is 0 Å². The normalized spacial score (nSPS) is 11.7. The molecule has 13 nitrogen and oxygen atoms in total. The highest BCUT2D eigenvalue weighted by atomic mass is 127. The van der Waals surface area contributed by atoms with E-state index in [-0.39, 0.29) is 0 Å². The van der Waals surface area contributed by atoms with Gasteiger partial charge in [0.25, 0.3) is 0 Å². The Bertz CT molecular complexity index is 605. The summed E-state index contributed by atoms with van der Waals surface area (Å²) in [7, 11) is 0. The smallest absolute Gasteiger partial charge is 0.0701 e. The molecular formula is C41H83IO13. The Morgan fingerprint density at radius 2 is 0.364 bits per heavy atom. The van der Waals surface area contributed by atoms with Gasteiger partial charge in [0.2, 0.25) is 0 Å². The molecule has 14 heteroatoms. The highest BCUT2D eigenvalue weighted by molar-refractivity contribution is 14.1. The second-order valence-corrected chi connectivity index (χ2v) is 14.0. The molecule has 55 heavy (non-hydrogen) atoms. The molecular weight excluding hydrogens is 827 g/mol. The topological polar surface area (TPSA) is 120 Å². The molecule has 0 bridgehead atoms. The third kappa shape index (κ3) is 54.2. The Morgan fingerprint density at radius 3 is 0.564 bits per heavy atom. The maximum absolute atomic E-state index is 5.68. The number of alkyl halides is 1. The van der Waals surface area contributed by atoms with E-state index in [0.717, 1.165) is 24.1 Å². The number of rotatable bonds is 52. The van der Waals surface area contributed by atoms with Crippen molar-refractivity contribution < 1.29 is 61.6 Å². The third-order valence-corrected chi connectivity index (χ3v) is 8.52. The molecule has 0 aliphatic heterocycles. The SMILES string of the molecule is CCCCCCCCCCCCCCCOCCOCCOCCOCCOCCOCCOCCOCCOCCOCCOCCOCCOCCI. The predicted molar refractivity (Wildman–Crippen MR) is 225 cm³/mol. The van der Waals surface area contributed by atoms with Crippen LogP contribution in [0.2, 0.25) is 0 Å². The zero-order chi connectivity index (χ0) is 39.5. The van der Waals surface area contributed by atoms with Gasteiger partial charge in [0.1, 0.15) is 0 Å². The summed E-state index contributed by atoms with van der Waals surface area (Å²) < 4.78 is 72.5. The van der Waals surface area contributed by atoms with E-state index in [4.69, 9.17) is 61.6 Å². The summed E-state index contributed by atoms with van der Waals surface area (Å²) in [4.78, 5) is 0. The number of hydrogen-bond acceptors (Lipinski definition) is 13. The molecule has 0 aromatic carbocycles. The second kappa shape index (κ2) is 54.2. The van der Waals surface area contributed by atoms with Crippen molar-refractivity contribution in [2.24, 2.45) is 0 Å². The molecule has 0 aromatic heterocycles. The first-order chi connectivity index (χ1) is 27.4. The van der Waals surface area contributed by atoms with Crippen LogP contribution in [0.25, 0.3) is 0 Å². The molecule has 0 fully saturated rings. The van der Waals surface area contributed by atoms with Crippen LogP contribution < -0.4 is 0 Å². The van der Waals surface area contributed by atoms with E-state index in [1.54, 1.807) is 0 Å². The van der Waals surface area contributed by atoms with Crippen LogP contribution in [-0.2, 0) is 61.6 Å². The molecule has 0 rings (SSSR count). The standard InChI is InChI=1S/C41H83IO13/c1-2-3-4-5-6-7-8-9-10-11-12-13-14-16-43-18-20-45-22-24-47-26-28-49-30-32-51-34-36-53-38-40-55-41-39-54-37-35-52-33-31-50-29-27-48-25-23-46-21-19-44-17-15-42/h2-41H2,1H3. The van der Waals surface area contributed by atoms with Crippen molar-refractivity contribution in [2.45, 2.75) is 90.4 Å². The summed E-state index contributed by atoms with van der Waals surface area (Å²) >= 11 is 2.28. The van der Waals surface area contributed by atoms with Crippen LogP contribution >= 0.6 is 22.6 Å². The molecule has 0 amide bonds. The minimum Gasteiger partial charge on any atom is -0.379 e. The van der Waals surface area contributed by atoms with E-state index in [9.17, 15) is 0 Å². The van der Waals surface area contributed by atoms with Gasteiger partial charge in [-0.15, -0.1) is 0 Å². The van der Waals surface area contributed by atoms with Crippen LogP contribution in [0.15, 0.2) is 0 Å². The summed E-state index contributed by atoms with van der Waals surface area (Å²) in [5.74, 6) is 0. The largest absolute Gasteiger partial charge is 0.379 e. The zero-order valence-corrected chi connectivity index (χ0v) is 37.1. The van der Waals surface area contributed by atoms with Crippen LogP contribution in [-0.4, -0.2) is 176 Å². The molecule has 0 radical (unpaired) electrons. The van der Waals surface area contributed by atoms with Crippen LogP contribution in [0.1, 0.15) is 90.4 Å². The van der Waals surface area contributed by atoms with E-state index in [1.165, 1.54) is 77.0 Å². The maximum Gasteiger partial charge on any atom is 0.0701 e. The number of hydrogen-bond donors (Lipinski definition) is 0. The number of unbranched alkanes of at least 4 members (excludes halogenated alkanes) is 12. The van der Waals surface area contributed by atoms with E-state index < -0.39 is 0 Å². The average Bonchev–Trinajstić information content (AvgIpc) is 3.20. The summed E-state index contributed by atoms with van der Waals surface area (Å²) in [5.41, 5.74) is 0. The fraction of sp³-hybridized carbons (Fsp3) is 1.00. The molecule has 0 spiro atoms. The predicted octanol–water partition coefficient (Wildman–Crippen LogP) is 6.73. The lowest BCUT2D eigenvalue weighted by Gasteiger charge is -2.09. The molecule has 0 N–H and O–H groups in total. The Labute approximate surface area is 349 Å². The van der Waals surface area contributed by atoms with E-state index >= 15 is 0 Å². The van der Waals surface area contributed by atoms with Gasteiger partial charge in [0.05, 0.1) is 165 Å². The number of halogens is 1. The van der Waals surface area contributed by atoms with Gasteiger partial charge in [0.15, 0.2) is 0 Å². The quantitative estimate of drug-likeness (QED) is 0.0365. The van der Waals surface area contributed by atoms with Crippen molar-refractivity contribution in [1.82, 2.24) is 0 Å². The van der Waals surface area contributed by atoms with Gasteiger partial charge in [-0.1, -0.05) is 107 Å². The van der Waals surface area contributed by atoms with E-state index in [0.29, 0.717) is 159 Å². The number of ether oxygens (including phenoxy) is 13. The third-order valence-electron chi connectivity index (χ3n) is 8.08. The molecule has 0 saturated carbocycles. The van der Waals surface area contributed by atoms with Gasteiger partial charge in [-0.25, -0.2) is 0 Å². The summed E-state index contributed by atoms with van der Waals surface area (Å²) in [5, 5.41) is 0. The molecule has 0 atom stereocenters. The van der Waals surface area contributed by atoms with Gasteiger partial charge in [-0.05, 0) is 6.42 Å². The molecule has 0 aliphatic rings. The van der Waals surface area contributed by atoms with Crippen LogP contribution in [0.5, 0.6) is 0 Å². The Balaban J connectivity index is 3.05. The zero-order valence-electron chi connectivity index (χ0n) is 35.0. The second-order valence-electron chi connectivity index (χ2n) is 12.9. The van der Waals surface area contributed by atoms with Crippen molar-refractivity contribution in [3.63, 3.8) is 0 Å². The summed E-state index contributed by atoms with van der Waals surface area (Å²) in [6, 6.07) is 0. The molecule has 0 aromatic rings. The minimum atomic E-state index is 0.517. The highest BCUT2D eigenvalue weighted by Gasteiger charge is 1.98. The van der Waals surface area contributed by atoms with Gasteiger partial charge in [0, 0.05) is 11.0 Å². The summed E-state index contributed by atoms with van der Waals surface area (Å²) in [6.45, 7) is 17.0. The van der Waals surface area contributed by atoms with Crippen molar-refractivity contribution in [3.8, 4) is 0 Å². The first-order valence-electron chi connectivity index (χ1n) is 21.5. The Hall–Kier alpha value is 0.210. The molecule has 332 valence electrons. The van der Waals surface area contributed by atoms with Crippen molar-refractivity contribution >= 4 is 22.6 Å². The average molecular weight is 911 g/mol. The van der Waals surface area contributed by atoms with Gasteiger partial charge in [-0.3, -0.25) is 0 Å². The Kier molecular flexibility index (Phi) is 54.4. The molecule has 0 unspecified atom stereocenters. The fourth-order valence-corrected chi connectivity index (χ4v) is 5.33. The molecule has 0 saturated heterocycles. The highest BCUT2D eigenvalue weighted by Crippen LogP contribution is 2.12. The minimum absolute atomic E-state index is 0.517. The fourth-order valence-electron chi connectivity index (χ4n) is 5.02. The van der Waals surface area contributed by atoms with Crippen molar-refractivity contribution in [1.29, 1.82) is 0 Å². The lowest BCUT2D eigenvalue weighted by molar-refractivity contribution is -0.0289. The van der Waals surface area contributed by atoms with Gasteiger partial charge in [-0.2, -0.15) is 0 Å². The Morgan fingerprint density at radius 1 is 0.200 bits per heavy atom. The maximum atomic E-state index is 5.68. The first-order valence-corrected chi connectivity index (χ1v) is 23.0. The van der Waals surface area contributed by atoms with Gasteiger partial charge < -0.3 is 61.6 Å². The van der Waals surface area contributed by atoms with Crippen molar-refractivity contribution in [3.05, 3.63) is 0 Å².